The van der Waals surface area contributed by atoms with Gasteiger partial charge in [-0.3, -0.25) is 23.3 Å². The van der Waals surface area contributed by atoms with Gasteiger partial charge in [0.05, 0.1) is 18.2 Å². The fraction of sp³-hybridized carbons (Fsp3) is 0.333. The summed E-state index contributed by atoms with van der Waals surface area (Å²) in [7, 11) is 4.66. The molecular formula is C24H24N4O4S2. The van der Waals surface area contributed by atoms with Crippen molar-refractivity contribution in [2.24, 2.45) is 14.1 Å². The maximum Gasteiger partial charge on any atom is 0.330 e. The van der Waals surface area contributed by atoms with E-state index in [4.69, 9.17) is 9.72 Å². The lowest BCUT2D eigenvalue weighted by Gasteiger charge is -2.16. The van der Waals surface area contributed by atoms with E-state index in [0.29, 0.717) is 33.4 Å². The second-order valence-corrected chi connectivity index (χ2v) is 10.3. The SMILES string of the molecule is COc1ccccc1-n1c(SCc2cc(=O)n(C)c(=O)n2C)nc2sc3c(c2c1=O)CCCC3. The van der Waals surface area contributed by atoms with Gasteiger partial charge in [-0.2, -0.15) is 0 Å². The lowest BCUT2D eigenvalue weighted by atomic mass is 9.97. The van der Waals surface area contributed by atoms with Crippen molar-refractivity contribution in [3.8, 4) is 11.4 Å². The van der Waals surface area contributed by atoms with Crippen molar-refractivity contribution in [1.29, 1.82) is 0 Å². The van der Waals surface area contributed by atoms with Crippen molar-refractivity contribution in [3.05, 3.63) is 77.7 Å². The predicted octanol–water partition coefficient (Wildman–Crippen LogP) is 3.02. The quantitative estimate of drug-likeness (QED) is 0.312. The molecule has 0 fully saturated rings. The molecule has 0 amide bonds. The predicted molar refractivity (Wildman–Crippen MR) is 135 cm³/mol. The van der Waals surface area contributed by atoms with E-state index >= 15 is 0 Å². The van der Waals surface area contributed by atoms with Crippen LogP contribution in [-0.4, -0.2) is 25.8 Å². The maximum atomic E-state index is 13.9. The molecule has 34 heavy (non-hydrogen) atoms. The van der Waals surface area contributed by atoms with Gasteiger partial charge in [0.1, 0.15) is 10.6 Å². The number of fused-ring (bicyclic) bond motifs is 3. The highest BCUT2D eigenvalue weighted by molar-refractivity contribution is 7.98. The third-order valence-corrected chi connectivity index (χ3v) is 8.42. The number of rotatable bonds is 5. The van der Waals surface area contributed by atoms with E-state index < -0.39 is 0 Å². The molecule has 3 heterocycles. The van der Waals surface area contributed by atoms with Crippen LogP contribution in [0.4, 0.5) is 0 Å². The number of benzene rings is 1. The van der Waals surface area contributed by atoms with E-state index in [2.05, 4.69) is 0 Å². The second kappa shape index (κ2) is 8.92. The van der Waals surface area contributed by atoms with E-state index in [1.54, 1.807) is 30.1 Å². The van der Waals surface area contributed by atoms with Gasteiger partial charge in [0.15, 0.2) is 5.16 Å². The van der Waals surface area contributed by atoms with Gasteiger partial charge in [0, 0.05) is 36.5 Å². The molecule has 1 aliphatic rings. The minimum Gasteiger partial charge on any atom is -0.495 e. The highest BCUT2D eigenvalue weighted by Crippen LogP contribution is 2.36. The number of aromatic nitrogens is 4. The topological polar surface area (TPSA) is 88.1 Å². The molecule has 4 aromatic rings. The molecule has 0 saturated carbocycles. The Labute approximate surface area is 203 Å². The summed E-state index contributed by atoms with van der Waals surface area (Å²) in [4.78, 5) is 45.4. The molecule has 0 N–H and O–H groups in total. The summed E-state index contributed by atoms with van der Waals surface area (Å²) in [5.41, 5.74) is 1.42. The molecule has 1 aliphatic carbocycles. The molecule has 3 aromatic heterocycles. The zero-order chi connectivity index (χ0) is 24.0. The first kappa shape index (κ1) is 22.7. The van der Waals surface area contributed by atoms with Gasteiger partial charge in [-0.25, -0.2) is 9.78 Å². The summed E-state index contributed by atoms with van der Waals surface area (Å²) in [6.45, 7) is 0. The maximum absolute atomic E-state index is 13.9. The number of nitrogens with zero attached hydrogens (tertiary/aromatic N) is 4. The summed E-state index contributed by atoms with van der Waals surface area (Å²) < 4.78 is 9.68. The molecule has 0 bridgehead atoms. The molecule has 0 saturated heterocycles. The Morgan fingerprint density at radius 3 is 2.65 bits per heavy atom. The summed E-state index contributed by atoms with van der Waals surface area (Å²) in [6.07, 6.45) is 4.06. The zero-order valence-corrected chi connectivity index (χ0v) is 20.8. The van der Waals surface area contributed by atoms with Crippen molar-refractivity contribution in [2.75, 3.05) is 7.11 Å². The number of ether oxygens (including phenoxy) is 1. The van der Waals surface area contributed by atoms with Gasteiger partial charge in [0.25, 0.3) is 11.1 Å². The zero-order valence-electron chi connectivity index (χ0n) is 19.2. The normalized spacial score (nSPS) is 13.3. The van der Waals surface area contributed by atoms with Gasteiger partial charge in [0.2, 0.25) is 0 Å². The van der Waals surface area contributed by atoms with Crippen LogP contribution in [0, 0.1) is 0 Å². The number of para-hydroxylation sites is 2. The third-order valence-electron chi connectivity index (χ3n) is 6.26. The first-order chi connectivity index (χ1) is 16.4. The van der Waals surface area contributed by atoms with Crippen LogP contribution >= 0.6 is 23.1 Å². The van der Waals surface area contributed by atoms with Crippen LogP contribution in [0.2, 0.25) is 0 Å². The number of thioether (sulfide) groups is 1. The van der Waals surface area contributed by atoms with E-state index in [1.807, 2.05) is 24.3 Å². The van der Waals surface area contributed by atoms with Crippen LogP contribution < -0.4 is 21.5 Å². The molecule has 176 valence electrons. The van der Waals surface area contributed by atoms with E-state index in [0.717, 1.165) is 40.6 Å². The van der Waals surface area contributed by atoms with E-state index in [1.165, 1.54) is 34.3 Å². The van der Waals surface area contributed by atoms with Crippen molar-refractivity contribution in [1.82, 2.24) is 18.7 Å². The highest BCUT2D eigenvalue weighted by atomic mass is 32.2. The lowest BCUT2D eigenvalue weighted by molar-refractivity contribution is 0.411. The Bertz CT molecular complexity index is 1600. The largest absolute Gasteiger partial charge is 0.495 e. The fourth-order valence-electron chi connectivity index (χ4n) is 4.37. The Morgan fingerprint density at radius 1 is 1.09 bits per heavy atom. The minimum atomic E-state index is -0.389. The molecule has 0 spiro atoms. The summed E-state index contributed by atoms with van der Waals surface area (Å²) >= 11 is 2.92. The monoisotopic (exact) mass is 496 g/mol. The van der Waals surface area contributed by atoms with Gasteiger partial charge in [-0.1, -0.05) is 23.9 Å². The molecular weight excluding hydrogens is 472 g/mol. The number of aryl methyl sites for hydroxylation is 2. The Morgan fingerprint density at radius 2 is 1.85 bits per heavy atom. The van der Waals surface area contributed by atoms with Crippen LogP contribution in [0.1, 0.15) is 29.0 Å². The van der Waals surface area contributed by atoms with Gasteiger partial charge in [-0.05, 0) is 43.4 Å². The van der Waals surface area contributed by atoms with E-state index in [-0.39, 0.29) is 16.8 Å². The van der Waals surface area contributed by atoms with Crippen LogP contribution in [0.3, 0.4) is 0 Å². The Balaban J connectivity index is 1.70. The molecule has 0 atom stereocenters. The Kier molecular flexibility index (Phi) is 5.95. The van der Waals surface area contributed by atoms with E-state index in [9.17, 15) is 14.4 Å². The van der Waals surface area contributed by atoms with Crippen molar-refractivity contribution < 1.29 is 4.74 Å². The lowest BCUT2D eigenvalue weighted by Crippen LogP contribution is -2.37. The molecule has 0 unspecified atom stereocenters. The van der Waals surface area contributed by atoms with Gasteiger partial charge < -0.3 is 4.74 Å². The van der Waals surface area contributed by atoms with Crippen LogP contribution in [0.25, 0.3) is 15.9 Å². The number of hydrogen-bond donors (Lipinski definition) is 0. The smallest absolute Gasteiger partial charge is 0.330 e. The second-order valence-electron chi connectivity index (χ2n) is 8.26. The van der Waals surface area contributed by atoms with Crippen molar-refractivity contribution >= 4 is 33.3 Å². The van der Waals surface area contributed by atoms with Crippen LogP contribution in [-0.2, 0) is 32.7 Å². The molecule has 0 aliphatic heterocycles. The standard InChI is InChI=1S/C24H24N4O4S2/c1-26-14(12-19(29)27(2)24(26)31)13-33-23-25-21-20(15-8-4-7-11-18(15)34-21)22(30)28(23)16-9-5-6-10-17(16)32-3/h5-6,9-10,12H,4,7-8,11,13H2,1-3H3. The van der Waals surface area contributed by atoms with Gasteiger partial charge in [-0.15, -0.1) is 11.3 Å². The molecule has 10 heteroatoms. The number of hydrogen-bond acceptors (Lipinski definition) is 7. The summed E-state index contributed by atoms with van der Waals surface area (Å²) in [5.74, 6) is 0.873. The average Bonchev–Trinajstić information content (AvgIpc) is 3.23. The van der Waals surface area contributed by atoms with Crippen LogP contribution in [0.15, 0.2) is 49.9 Å². The number of methoxy groups -OCH3 is 1. The first-order valence-corrected chi connectivity index (χ1v) is 12.8. The molecule has 0 radical (unpaired) electrons. The summed E-state index contributed by atoms with van der Waals surface area (Å²) in [6, 6.07) is 8.81. The Hall–Kier alpha value is -3.11. The van der Waals surface area contributed by atoms with Crippen molar-refractivity contribution in [2.45, 2.75) is 36.6 Å². The van der Waals surface area contributed by atoms with Gasteiger partial charge >= 0.3 is 5.69 Å². The fourth-order valence-corrected chi connectivity index (χ4v) is 6.70. The number of thiophene rings is 1. The summed E-state index contributed by atoms with van der Waals surface area (Å²) in [5, 5.41) is 1.18. The van der Waals surface area contributed by atoms with Crippen molar-refractivity contribution in [3.63, 3.8) is 0 Å². The first-order valence-electron chi connectivity index (χ1n) is 11.0. The molecule has 1 aromatic carbocycles. The minimum absolute atomic E-state index is 0.116. The van der Waals surface area contributed by atoms with Crippen LogP contribution in [0.5, 0.6) is 5.75 Å². The molecule has 5 rings (SSSR count). The average molecular weight is 497 g/mol. The highest BCUT2D eigenvalue weighted by Gasteiger charge is 2.24. The third kappa shape index (κ3) is 3.70. The molecule has 8 nitrogen and oxygen atoms in total.